The highest BCUT2D eigenvalue weighted by molar-refractivity contribution is 6.21. The first kappa shape index (κ1) is 19.8. The van der Waals surface area contributed by atoms with Crippen molar-refractivity contribution in [2.24, 2.45) is 0 Å². The Labute approximate surface area is 158 Å². The number of ether oxygens (including phenoxy) is 1. The number of hydrogen-bond acceptors (Lipinski definition) is 4. The van der Waals surface area contributed by atoms with Crippen LogP contribution in [0, 0.1) is 12.7 Å². The highest BCUT2D eigenvalue weighted by atomic mass is 35.5. The van der Waals surface area contributed by atoms with Crippen LogP contribution in [-0.2, 0) is 5.38 Å². The molecule has 0 unspecified atom stereocenters. The number of carbonyl (C=O) groups excluding carboxylic acids is 1. The predicted octanol–water partition coefficient (Wildman–Crippen LogP) is 4.32. The third-order valence-electron chi connectivity index (χ3n) is 3.49. The Morgan fingerprint density at radius 2 is 2.00 bits per heavy atom. The Balaban J connectivity index is 1.97. The number of rotatable bonds is 5. The molecule has 6 nitrogen and oxygen atoms in total. The number of nitrogens with zero attached hydrogens (tertiary/aromatic N) is 3. The van der Waals surface area contributed by atoms with Gasteiger partial charge in [-0.05, 0) is 36.7 Å². The van der Waals surface area contributed by atoms with Gasteiger partial charge in [-0.25, -0.2) is 13.9 Å². The van der Waals surface area contributed by atoms with Gasteiger partial charge in [0.15, 0.2) is 17.1 Å². The number of carbonyl (C=O) groups is 1. The smallest absolute Gasteiger partial charge is 0.387 e. The van der Waals surface area contributed by atoms with Crippen LogP contribution < -0.4 is 10.1 Å². The number of halogens is 6. The molecule has 2 aromatic heterocycles. The van der Waals surface area contributed by atoms with Crippen LogP contribution in [-0.4, -0.2) is 27.1 Å². The molecule has 0 radical (unpaired) electrons. The summed E-state index contributed by atoms with van der Waals surface area (Å²) in [5.74, 6) is -2.43. The van der Waals surface area contributed by atoms with Crippen molar-refractivity contribution < 1.29 is 31.5 Å². The van der Waals surface area contributed by atoms with E-state index in [1.54, 1.807) is 0 Å². The first-order valence-electron chi connectivity index (χ1n) is 7.55. The van der Waals surface area contributed by atoms with Gasteiger partial charge in [-0.15, -0.1) is 0 Å². The molecule has 0 atom stereocenters. The van der Waals surface area contributed by atoms with Crippen LogP contribution in [0.4, 0.5) is 27.6 Å². The molecule has 0 bridgehead atoms. The molecule has 1 aromatic carbocycles. The molecule has 0 fully saturated rings. The highest BCUT2D eigenvalue weighted by Crippen LogP contribution is 2.33. The van der Waals surface area contributed by atoms with Crippen LogP contribution in [0.5, 0.6) is 5.75 Å². The molecule has 1 N–H and O–H groups in total. The van der Waals surface area contributed by atoms with Gasteiger partial charge in [0.2, 0.25) is 0 Å². The molecule has 148 valence electrons. The lowest BCUT2D eigenvalue weighted by Gasteiger charge is -2.11. The summed E-state index contributed by atoms with van der Waals surface area (Å²) in [6, 6.07) is 4.67. The van der Waals surface area contributed by atoms with Crippen molar-refractivity contribution in [2.45, 2.75) is 18.9 Å². The van der Waals surface area contributed by atoms with E-state index < -0.39 is 35.2 Å². The van der Waals surface area contributed by atoms with E-state index in [0.29, 0.717) is 10.6 Å². The second-order valence-electron chi connectivity index (χ2n) is 5.55. The number of amides is 1. The van der Waals surface area contributed by atoms with Crippen LogP contribution in [0.2, 0.25) is 0 Å². The summed E-state index contributed by atoms with van der Waals surface area (Å²) in [5.41, 5.74) is -1.20. The maximum atomic E-state index is 13.6. The summed E-state index contributed by atoms with van der Waals surface area (Å²) >= 11 is 5.07. The van der Waals surface area contributed by atoms with Crippen molar-refractivity contribution in [1.82, 2.24) is 14.6 Å². The molecule has 0 saturated carbocycles. The Hall–Kier alpha value is -2.95. The van der Waals surface area contributed by atoms with Gasteiger partial charge in [0, 0.05) is 17.8 Å². The van der Waals surface area contributed by atoms with Crippen molar-refractivity contribution in [3.8, 4) is 5.75 Å². The van der Waals surface area contributed by atoms with Gasteiger partial charge in [-0.2, -0.15) is 22.7 Å². The fourth-order valence-corrected chi connectivity index (χ4v) is 2.53. The molecule has 0 saturated heterocycles. The standard InChI is InChI=1S/C16H10ClF5N4O2/c1-7-4-12(16(17,21)22)26-13(23-7)6-10(25-26)14(27)24-9-3-2-8(18)5-11(9)28-15(19)20/h2-6,15H,1H3,(H,24,27). The lowest BCUT2D eigenvalue weighted by atomic mass is 10.2. The molecule has 3 aromatic rings. The summed E-state index contributed by atoms with van der Waals surface area (Å²) in [4.78, 5) is 16.4. The number of aromatic nitrogens is 3. The first-order valence-corrected chi connectivity index (χ1v) is 7.93. The number of benzene rings is 1. The van der Waals surface area contributed by atoms with Gasteiger partial charge >= 0.3 is 12.0 Å². The van der Waals surface area contributed by atoms with E-state index in [2.05, 4.69) is 20.1 Å². The van der Waals surface area contributed by atoms with Crippen molar-refractivity contribution in [1.29, 1.82) is 0 Å². The lowest BCUT2D eigenvalue weighted by Crippen LogP contribution is -2.16. The van der Waals surface area contributed by atoms with Gasteiger partial charge in [-0.3, -0.25) is 4.79 Å². The fourth-order valence-electron chi connectivity index (χ4n) is 2.39. The maximum Gasteiger partial charge on any atom is 0.387 e. The van der Waals surface area contributed by atoms with Crippen LogP contribution >= 0.6 is 11.6 Å². The average molecular weight is 421 g/mol. The summed E-state index contributed by atoms with van der Waals surface area (Å²) in [7, 11) is 0. The summed E-state index contributed by atoms with van der Waals surface area (Å²) in [5, 5.41) is 2.17. The zero-order chi connectivity index (χ0) is 20.6. The van der Waals surface area contributed by atoms with E-state index in [0.717, 1.165) is 24.3 Å². The van der Waals surface area contributed by atoms with Crippen LogP contribution in [0.3, 0.4) is 0 Å². The van der Waals surface area contributed by atoms with Crippen LogP contribution in [0.25, 0.3) is 5.65 Å². The molecule has 0 aliphatic rings. The Morgan fingerprint density at radius 1 is 1.29 bits per heavy atom. The van der Waals surface area contributed by atoms with Crippen molar-refractivity contribution in [3.05, 3.63) is 53.2 Å². The summed E-state index contributed by atoms with van der Waals surface area (Å²) in [6.45, 7) is -1.81. The molecule has 0 spiro atoms. The monoisotopic (exact) mass is 420 g/mol. The predicted molar refractivity (Wildman–Crippen MR) is 88.5 cm³/mol. The number of anilines is 1. The molecule has 0 aliphatic heterocycles. The minimum Gasteiger partial charge on any atom is -0.432 e. The van der Waals surface area contributed by atoms with E-state index in [1.165, 1.54) is 6.92 Å². The average Bonchev–Trinajstić information content (AvgIpc) is 2.98. The Morgan fingerprint density at radius 3 is 2.64 bits per heavy atom. The molecule has 3 rings (SSSR count). The molecular formula is C16H10ClF5N4O2. The van der Waals surface area contributed by atoms with Crippen LogP contribution in [0.1, 0.15) is 21.9 Å². The van der Waals surface area contributed by atoms with Gasteiger partial charge in [0.05, 0.1) is 5.69 Å². The topological polar surface area (TPSA) is 68.5 Å². The van der Waals surface area contributed by atoms with E-state index in [-0.39, 0.29) is 22.7 Å². The zero-order valence-electron chi connectivity index (χ0n) is 13.9. The molecule has 0 aliphatic carbocycles. The number of hydrogen-bond donors (Lipinski definition) is 1. The lowest BCUT2D eigenvalue weighted by molar-refractivity contribution is -0.0495. The molecule has 12 heteroatoms. The molecule has 1 amide bonds. The van der Waals surface area contributed by atoms with Crippen molar-refractivity contribution in [2.75, 3.05) is 5.32 Å². The van der Waals surface area contributed by atoms with E-state index in [1.807, 2.05) is 0 Å². The summed E-state index contributed by atoms with van der Waals surface area (Å²) < 4.78 is 70.2. The van der Waals surface area contributed by atoms with Gasteiger partial charge in [-0.1, -0.05) is 0 Å². The molecular weight excluding hydrogens is 411 g/mol. The third-order valence-corrected chi connectivity index (χ3v) is 3.68. The van der Waals surface area contributed by atoms with Crippen LogP contribution in [0.15, 0.2) is 30.3 Å². The largest absolute Gasteiger partial charge is 0.432 e. The quantitative estimate of drug-likeness (QED) is 0.493. The zero-order valence-corrected chi connectivity index (χ0v) is 14.6. The van der Waals surface area contributed by atoms with E-state index in [4.69, 9.17) is 11.6 Å². The number of nitrogens with one attached hydrogen (secondary N) is 1. The minimum absolute atomic E-state index is 0.0800. The van der Waals surface area contributed by atoms with Gasteiger partial charge in [0.25, 0.3) is 5.91 Å². The maximum absolute atomic E-state index is 13.6. The van der Waals surface area contributed by atoms with Gasteiger partial charge < -0.3 is 10.1 Å². The Bertz CT molecular complexity index is 1050. The number of aryl methyl sites for hydroxylation is 1. The summed E-state index contributed by atoms with van der Waals surface area (Å²) in [6.07, 6.45) is 0. The normalized spacial score (nSPS) is 11.9. The van der Waals surface area contributed by atoms with E-state index in [9.17, 15) is 26.7 Å². The second kappa shape index (κ2) is 7.23. The van der Waals surface area contributed by atoms with E-state index >= 15 is 0 Å². The molecule has 28 heavy (non-hydrogen) atoms. The van der Waals surface area contributed by atoms with Crippen molar-refractivity contribution in [3.63, 3.8) is 0 Å². The highest BCUT2D eigenvalue weighted by Gasteiger charge is 2.32. The van der Waals surface area contributed by atoms with Gasteiger partial charge in [0.1, 0.15) is 11.5 Å². The second-order valence-corrected chi connectivity index (χ2v) is 6.03. The number of alkyl halides is 5. The SMILES string of the molecule is Cc1cc(C(F)(F)Cl)n2nc(C(=O)Nc3ccc(F)cc3OC(F)F)cc2n1. The molecule has 2 heterocycles. The first-order chi connectivity index (χ1) is 13.0. The Kier molecular flexibility index (Phi) is 5.11. The fraction of sp³-hybridized carbons (Fsp3) is 0.188. The van der Waals surface area contributed by atoms with Crippen molar-refractivity contribution >= 4 is 28.8 Å². The minimum atomic E-state index is -3.78. The third kappa shape index (κ3) is 4.14. The number of fused-ring (bicyclic) bond motifs is 1.